The fourth-order valence-electron chi connectivity index (χ4n) is 4.29. The van der Waals surface area contributed by atoms with Gasteiger partial charge in [0.25, 0.3) is 0 Å². The number of aromatic amines is 1. The molecule has 5 heteroatoms. The molecule has 2 aromatic heterocycles. The molecule has 30 heavy (non-hydrogen) atoms. The van der Waals surface area contributed by atoms with Crippen LogP contribution in [0.2, 0.25) is 0 Å². The summed E-state index contributed by atoms with van der Waals surface area (Å²) < 4.78 is 5.46. The van der Waals surface area contributed by atoms with Crippen LogP contribution < -0.4 is 5.32 Å². The maximum absolute atomic E-state index is 12.7. The lowest BCUT2D eigenvalue weighted by atomic mass is 10.1. The number of aromatic nitrogens is 2. The molecule has 2 N–H and O–H groups in total. The van der Waals surface area contributed by atoms with Gasteiger partial charge in [0.1, 0.15) is 5.69 Å². The average Bonchev–Trinajstić information content (AvgIpc) is 3.28. The minimum atomic E-state index is -0.117. The number of carbonyl (C=O) groups excluding carboxylic acids is 1. The molecule has 5 nitrogen and oxygen atoms in total. The van der Waals surface area contributed by atoms with Crippen molar-refractivity contribution in [2.45, 2.75) is 33.6 Å². The number of rotatable bonds is 4. The summed E-state index contributed by atoms with van der Waals surface area (Å²) in [5.41, 5.74) is 7.79. The van der Waals surface area contributed by atoms with Crippen molar-refractivity contribution < 1.29 is 9.32 Å². The quantitative estimate of drug-likeness (QED) is 0.401. The van der Waals surface area contributed by atoms with Crippen LogP contribution in [-0.4, -0.2) is 16.0 Å². The zero-order valence-electron chi connectivity index (χ0n) is 17.3. The van der Waals surface area contributed by atoms with Gasteiger partial charge in [0.15, 0.2) is 5.58 Å². The second-order valence-corrected chi connectivity index (χ2v) is 7.89. The zero-order chi connectivity index (χ0) is 20.8. The minimum Gasteiger partial charge on any atom is -0.356 e. The van der Waals surface area contributed by atoms with Crippen LogP contribution in [-0.2, 0) is 17.6 Å². The van der Waals surface area contributed by atoms with Gasteiger partial charge in [-0.3, -0.25) is 4.79 Å². The number of fused-ring (bicyclic) bond motifs is 4. The van der Waals surface area contributed by atoms with Crippen molar-refractivity contribution in [2.75, 3.05) is 5.32 Å². The Labute approximate surface area is 174 Å². The highest BCUT2D eigenvalue weighted by Crippen LogP contribution is 2.30. The number of hydrogen-bond acceptors (Lipinski definition) is 3. The number of hydrogen-bond donors (Lipinski definition) is 2. The lowest BCUT2D eigenvalue weighted by Crippen LogP contribution is -2.14. The van der Waals surface area contributed by atoms with E-state index in [0.717, 1.165) is 45.1 Å². The number of anilines is 1. The molecule has 3 aromatic carbocycles. The largest absolute Gasteiger partial charge is 0.356 e. The van der Waals surface area contributed by atoms with E-state index in [4.69, 9.17) is 4.52 Å². The molecule has 0 spiro atoms. The normalized spacial score (nSPS) is 11.6. The summed E-state index contributed by atoms with van der Waals surface area (Å²) in [6.07, 6.45) is 1.14. The number of nitrogens with zero attached hydrogens (tertiary/aromatic N) is 1. The summed E-state index contributed by atoms with van der Waals surface area (Å²) in [5, 5.41) is 10.4. The van der Waals surface area contributed by atoms with Gasteiger partial charge in [0.05, 0.1) is 6.42 Å². The van der Waals surface area contributed by atoms with Crippen LogP contribution in [0.5, 0.6) is 0 Å². The third-order valence-corrected chi connectivity index (χ3v) is 5.69. The van der Waals surface area contributed by atoms with Crippen LogP contribution in [0, 0.1) is 13.8 Å². The van der Waals surface area contributed by atoms with Gasteiger partial charge in [-0.25, -0.2) is 0 Å². The van der Waals surface area contributed by atoms with E-state index >= 15 is 0 Å². The van der Waals surface area contributed by atoms with E-state index in [1.165, 1.54) is 16.5 Å². The Kier molecular flexibility index (Phi) is 4.31. The van der Waals surface area contributed by atoms with Gasteiger partial charge in [0.2, 0.25) is 5.91 Å². The van der Waals surface area contributed by atoms with Crippen molar-refractivity contribution in [2.24, 2.45) is 0 Å². The van der Waals surface area contributed by atoms with E-state index in [1.807, 2.05) is 32.0 Å². The van der Waals surface area contributed by atoms with Crippen LogP contribution in [0.3, 0.4) is 0 Å². The molecule has 0 saturated heterocycles. The van der Waals surface area contributed by atoms with Gasteiger partial charge in [0, 0.05) is 32.9 Å². The summed E-state index contributed by atoms with van der Waals surface area (Å²) >= 11 is 0. The highest BCUT2D eigenvalue weighted by Gasteiger charge is 2.15. The predicted octanol–water partition coefficient (Wildman–Crippen LogP) is 5.82. The Morgan fingerprint density at radius 1 is 1.07 bits per heavy atom. The predicted molar refractivity (Wildman–Crippen MR) is 121 cm³/mol. The molecular weight excluding hydrogens is 374 g/mol. The van der Waals surface area contributed by atoms with Crippen molar-refractivity contribution in [3.63, 3.8) is 0 Å². The maximum atomic E-state index is 12.7. The molecule has 0 aliphatic carbocycles. The fourth-order valence-corrected chi connectivity index (χ4v) is 4.29. The minimum absolute atomic E-state index is 0.117. The average molecular weight is 397 g/mol. The maximum Gasteiger partial charge on any atom is 0.230 e. The molecule has 5 rings (SSSR count). The molecule has 2 heterocycles. The first kappa shape index (κ1) is 18.4. The highest BCUT2D eigenvalue weighted by molar-refractivity contribution is 6.09. The van der Waals surface area contributed by atoms with Crippen molar-refractivity contribution >= 4 is 44.4 Å². The Morgan fingerprint density at radius 3 is 2.77 bits per heavy atom. The number of para-hydroxylation sites is 1. The Morgan fingerprint density at radius 2 is 1.93 bits per heavy atom. The van der Waals surface area contributed by atoms with Gasteiger partial charge in [-0.15, -0.1) is 0 Å². The first-order chi connectivity index (χ1) is 14.5. The van der Waals surface area contributed by atoms with Crippen molar-refractivity contribution in [1.82, 2.24) is 10.1 Å². The number of aryl methyl sites for hydroxylation is 3. The molecule has 0 saturated carbocycles. The molecule has 0 aliphatic heterocycles. The second-order valence-electron chi connectivity index (χ2n) is 7.89. The summed E-state index contributed by atoms with van der Waals surface area (Å²) in [5.74, 6) is -0.117. The van der Waals surface area contributed by atoms with E-state index in [0.29, 0.717) is 5.69 Å². The number of H-pyrrole nitrogens is 1. The van der Waals surface area contributed by atoms with Crippen molar-refractivity contribution in [3.05, 3.63) is 70.9 Å². The van der Waals surface area contributed by atoms with Crippen LogP contribution in [0.1, 0.15) is 29.3 Å². The molecule has 0 radical (unpaired) electrons. The molecule has 150 valence electrons. The Balaban J connectivity index is 1.43. The highest BCUT2D eigenvalue weighted by atomic mass is 16.5. The monoisotopic (exact) mass is 397 g/mol. The third kappa shape index (κ3) is 3.03. The van der Waals surface area contributed by atoms with Crippen LogP contribution in [0.15, 0.2) is 53.1 Å². The van der Waals surface area contributed by atoms with Gasteiger partial charge in [-0.05, 0) is 55.2 Å². The van der Waals surface area contributed by atoms with Crippen molar-refractivity contribution in [1.29, 1.82) is 0 Å². The molecule has 0 unspecified atom stereocenters. The Bertz CT molecular complexity index is 1430. The van der Waals surface area contributed by atoms with Crippen LogP contribution in [0.4, 0.5) is 5.69 Å². The summed E-state index contributed by atoms with van der Waals surface area (Å²) in [4.78, 5) is 16.2. The number of nitrogens with one attached hydrogen (secondary N) is 2. The second kappa shape index (κ2) is 7.02. The van der Waals surface area contributed by atoms with Gasteiger partial charge < -0.3 is 14.8 Å². The number of carbonyl (C=O) groups is 1. The van der Waals surface area contributed by atoms with E-state index in [9.17, 15) is 4.79 Å². The summed E-state index contributed by atoms with van der Waals surface area (Å²) in [7, 11) is 0. The molecule has 0 atom stereocenters. The first-order valence-corrected chi connectivity index (χ1v) is 10.2. The van der Waals surface area contributed by atoms with Gasteiger partial charge in [-0.1, -0.05) is 42.4 Å². The molecule has 0 fully saturated rings. The lowest BCUT2D eigenvalue weighted by molar-refractivity contribution is -0.115. The molecule has 1 amide bonds. The lowest BCUT2D eigenvalue weighted by Gasteiger charge is -2.05. The summed E-state index contributed by atoms with van der Waals surface area (Å²) in [6, 6.07) is 16.4. The van der Waals surface area contributed by atoms with E-state index in [1.54, 1.807) is 0 Å². The molecule has 0 aliphatic rings. The van der Waals surface area contributed by atoms with Gasteiger partial charge in [-0.2, -0.15) is 0 Å². The number of benzene rings is 3. The topological polar surface area (TPSA) is 70.9 Å². The van der Waals surface area contributed by atoms with Gasteiger partial charge >= 0.3 is 0 Å². The molecule has 0 bridgehead atoms. The standard InChI is InChI=1S/C25H23N3O2/c1-4-16-6-5-7-19-18-9-8-17(12-21(18)27-24(16)19)26-23(29)13-22-20-11-14(2)10-15(3)25(20)30-28-22/h5-12,27H,4,13H2,1-3H3,(H,26,29). The van der Waals surface area contributed by atoms with E-state index < -0.39 is 0 Å². The van der Waals surface area contributed by atoms with Crippen LogP contribution in [0.25, 0.3) is 32.8 Å². The molecule has 5 aromatic rings. The van der Waals surface area contributed by atoms with E-state index in [-0.39, 0.29) is 12.3 Å². The zero-order valence-corrected chi connectivity index (χ0v) is 17.3. The SMILES string of the molecule is CCc1cccc2c1[nH]c1cc(NC(=O)Cc3noc4c(C)cc(C)cc34)ccc12. The Hall–Kier alpha value is -3.60. The molecular formula is C25H23N3O2. The number of amides is 1. The first-order valence-electron chi connectivity index (χ1n) is 10.2. The smallest absolute Gasteiger partial charge is 0.230 e. The van der Waals surface area contributed by atoms with Crippen molar-refractivity contribution in [3.8, 4) is 0 Å². The fraction of sp³-hybridized carbons (Fsp3) is 0.200. The summed E-state index contributed by atoms with van der Waals surface area (Å²) in [6.45, 7) is 6.18. The third-order valence-electron chi connectivity index (χ3n) is 5.69. The van der Waals surface area contributed by atoms with Crippen LogP contribution >= 0.6 is 0 Å². The van der Waals surface area contributed by atoms with E-state index in [2.05, 4.69) is 52.7 Å².